The Kier molecular flexibility index (Phi) is 2.83. The first-order chi connectivity index (χ1) is 6.00. The van der Waals surface area contributed by atoms with Crippen LogP contribution in [0.4, 0.5) is 14.5 Å². The summed E-state index contributed by atoms with van der Waals surface area (Å²) in [6, 6.07) is 0. The van der Waals surface area contributed by atoms with Gasteiger partial charge in [-0.1, -0.05) is 23.2 Å². The molecule has 0 radical (unpaired) electrons. The van der Waals surface area contributed by atoms with Crippen LogP contribution < -0.4 is 10.5 Å². The summed E-state index contributed by atoms with van der Waals surface area (Å²) in [5, 5.41) is -0.849. The van der Waals surface area contributed by atoms with E-state index < -0.39 is 27.4 Å². The lowest BCUT2D eigenvalue weighted by atomic mass is 10.2. The van der Waals surface area contributed by atoms with Gasteiger partial charge in [0, 0.05) is 0 Å². The molecule has 2 nitrogen and oxygen atoms in total. The molecule has 72 valence electrons. The Morgan fingerprint density at radius 2 is 1.54 bits per heavy atom. The first-order valence-corrected chi connectivity index (χ1v) is 3.91. The second-order valence-corrected chi connectivity index (χ2v) is 2.96. The quantitative estimate of drug-likeness (QED) is 0.592. The van der Waals surface area contributed by atoms with Crippen LogP contribution in [0.1, 0.15) is 0 Å². The van der Waals surface area contributed by atoms with E-state index in [4.69, 9.17) is 28.9 Å². The first kappa shape index (κ1) is 10.3. The number of nitrogens with two attached hydrogens (primary N) is 1. The van der Waals surface area contributed by atoms with E-state index in [1.807, 2.05) is 0 Å². The third-order valence-electron chi connectivity index (χ3n) is 1.46. The van der Waals surface area contributed by atoms with Gasteiger partial charge in [-0.05, 0) is 0 Å². The minimum absolute atomic E-state index is 0.257. The van der Waals surface area contributed by atoms with Gasteiger partial charge in [0.15, 0.2) is 17.4 Å². The standard InChI is InChI=1S/C7H5Cl2F2NO/c1-13-7-2(8)4(10)6(12)5(11)3(7)9/h12H2,1H3. The van der Waals surface area contributed by atoms with Crippen LogP contribution in [0.25, 0.3) is 0 Å². The highest BCUT2D eigenvalue weighted by Gasteiger charge is 2.21. The third-order valence-corrected chi connectivity index (χ3v) is 2.14. The molecule has 0 heterocycles. The van der Waals surface area contributed by atoms with E-state index in [0.717, 1.165) is 0 Å². The molecule has 0 fully saturated rings. The Morgan fingerprint density at radius 3 is 1.85 bits per heavy atom. The topological polar surface area (TPSA) is 35.2 Å². The van der Waals surface area contributed by atoms with Crippen LogP contribution in [-0.4, -0.2) is 7.11 Å². The Balaban J connectivity index is 3.56. The number of methoxy groups -OCH3 is 1. The maximum Gasteiger partial charge on any atom is 0.171 e. The van der Waals surface area contributed by atoms with Crippen molar-refractivity contribution in [3.8, 4) is 5.75 Å². The molecule has 0 aliphatic heterocycles. The predicted molar refractivity (Wildman–Crippen MR) is 47.3 cm³/mol. The summed E-state index contributed by atoms with van der Waals surface area (Å²) in [4.78, 5) is 0. The van der Waals surface area contributed by atoms with Crippen molar-refractivity contribution in [1.82, 2.24) is 0 Å². The highest BCUT2D eigenvalue weighted by molar-refractivity contribution is 6.37. The van der Waals surface area contributed by atoms with Crippen molar-refractivity contribution >= 4 is 28.9 Å². The fourth-order valence-electron chi connectivity index (χ4n) is 0.808. The molecule has 0 aliphatic carbocycles. The summed E-state index contributed by atoms with van der Waals surface area (Å²) in [5.74, 6) is -2.40. The number of hydrogen-bond acceptors (Lipinski definition) is 2. The van der Waals surface area contributed by atoms with Crippen LogP contribution in [0.3, 0.4) is 0 Å². The Morgan fingerprint density at radius 1 is 1.15 bits per heavy atom. The van der Waals surface area contributed by atoms with Gasteiger partial charge in [0.05, 0.1) is 7.11 Å². The summed E-state index contributed by atoms with van der Waals surface area (Å²) < 4.78 is 30.6. The van der Waals surface area contributed by atoms with E-state index in [9.17, 15) is 8.78 Å². The van der Waals surface area contributed by atoms with Gasteiger partial charge in [-0.2, -0.15) is 0 Å². The van der Waals surface area contributed by atoms with Gasteiger partial charge in [0.1, 0.15) is 15.7 Å². The molecular formula is C7H5Cl2F2NO. The number of ether oxygens (including phenoxy) is 1. The van der Waals surface area contributed by atoms with E-state index in [2.05, 4.69) is 4.74 Å². The summed E-state index contributed by atoms with van der Waals surface area (Å²) in [6.07, 6.45) is 0. The number of hydrogen-bond donors (Lipinski definition) is 1. The zero-order chi connectivity index (χ0) is 10.2. The molecule has 0 aliphatic rings. The van der Waals surface area contributed by atoms with Gasteiger partial charge in [0.25, 0.3) is 0 Å². The van der Waals surface area contributed by atoms with E-state index in [1.165, 1.54) is 7.11 Å². The first-order valence-electron chi connectivity index (χ1n) is 3.16. The van der Waals surface area contributed by atoms with Crippen molar-refractivity contribution in [1.29, 1.82) is 0 Å². The Labute approximate surface area is 83.2 Å². The van der Waals surface area contributed by atoms with Crippen molar-refractivity contribution in [3.05, 3.63) is 21.7 Å². The lowest BCUT2D eigenvalue weighted by Crippen LogP contribution is -2.00. The molecule has 0 bridgehead atoms. The maximum absolute atomic E-state index is 13.0. The van der Waals surface area contributed by atoms with Crippen molar-refractivity contribution in [3.63, 3.8) is 0 Å². The van der Waals surface area contributed by atoms with E-state index in [-0.39, 0.29) is 5.75 Å². The number of anilines is 1. The van der Waals surface area contributed by atoms with Crippen molar-refractivity contribution in [2.24, 2.45) is 0 Å². The third kappa shape index (κ3) is 1.51. The fourth-order valence-corrected chi connectivity index (χ4v) is 1.40. The number of nitrogen functional groups attached to an aromatic ring is 1. The fraction of sp³-hybridized carbons (Fsp3) is 0.143. The van der Waals surface area contributed by atoms with Crippen LogP contribution in [0.2, 0.25) is 10.0 Å². The molecule has 0 atom stereocenters. The van der Waals surface area contributed by atoms with Crippen LogP contribution >= 0.6 is 23.2 Å². The molecule has 0 saturated heterocycles. The molecule has 1 aromatic carbocycles. The largest absolute Gasteiger partial charge is 0.493 e. The normalized spacial score (nSPS) is 10.2. The van der Waals surface area contributed by atoms with Crippen molar-refractivity contribution < 1.29 is 13.5 Å². The minimum atomic E-state index is -1.07. The lowest BCUT2D eigenvalue weighted by molar-refractivity contribution is 0.408. The van der Waals surface area contributed by atoms with Crippen molar-refractivity contribution in [2.45, 2.75) is 0 Å². The minimum Gasteiger partial charge on any atom is -0.493 e. The van der Waals surface area contributed by atoms with E-state index in [1.54, 1.807) is 0 Å². The van der Waals surface area contributed by atoms with Crippen LogP contribution in [-0.2, 0) is 0 Å². The molecule has 2 N–H and O–H groups in total. The van der Waals surface area contributed by atoms with Gasteiger partial charge in [-0.25, -0.2) is 8.78 Å². The van der Waals surface area contributed by atoms with Gasteiger partial charge < -0.3 is 10.5 Å². The predicted octanol–water partition coefficient (Wildman–Crippen LogP) is 2.86. The highest BCUT2D eigenvalue weighted by atomic mass is 35.5. The number of halogens is 4. The van der Waals surface area contributed by atoms with Gasteiger partial charge in [-0.3, -0.25) is 0 Å². The average molecular weight is 228 g/mol. The molecule has 0 amide bonds. The molecule has 1 aromatic rings. The monoisotopic (exact) mass is 227 g/mol. The number of benzene rings is 1. The SMILES string of the molecule is COc1c(Cl)c(F)c(N)c(F)c1Cl. The zero-order valence-electron chi connectivity index (χ0n) is 6.50. The Bertz CT molecular complexity index is 328. The molecule has 13 heavy (non-hydrogen) atoms. The summed E-state index contributed by atoms with van der Waals surface area (Å²) in [5.41, 5.74) is 4.32. The van der Waals surface area contributed by atoms with Crippen LogP contribution in [0.5, 0.6) is 5.75 Å². The number of rotatable bonds is 1. The average Bonchev–Trinajstić information content (AvgIpc) is 2.13. The smallest absolute Gasteiger partial charge is 0.171 e. The van der Waals surface area contributed by atoms with Gasteiger partial charge in [-0.15, -0.1) is 0 Å². The molecule has 6 heteroatoms. The molecule has 0 saturated carbocycles. The van der Waals surface area contributed by atoms with Crippen LogP contribution in [0, 0.1) is 11.6 Å². The van der Waals surface area contributed by atoms with Gasteiger partial charge in [0.2, 0.25) is 0 Å². The Hall–Kier alpha value is -0.740. The zero-order valence-corrected chi connectivity index (χ0v) is 8.01. The van der Waals surface area contributed by atoms with Gasteiger partial charge >= 0.3 is 0 Å². The molecule has 0 spiro atoms. The molecular weight excluding hydrogens is 223 g/mol. The second-order valence-electron chi connectivity index (χ2n) is 2.20. The summed E-state index contributed by atoms with van der Waals surface area (Å²) in [6.45, 7) is 0. The van der Waals surface area contributed by atoms with Crippen LogP contribution in [0.15, 0.2) is 0 Å². The molecule has 1 rings (SSSR count). The van der Waals surface area contributed by atoms with E-state index >= 15 is 0 Å². The second kappa shape index (κ2) is 3.55. The molecule has 0 unspecified atom stereocenters. The van der Waals surface area contributed by atoms with E-state index in [0.29, 0.717) is 0 Å². The van der Waals surface area contributed by atoms with Crippen molar-refractivity contribution in [2.75, 3.05) is 12.8 Å². The lowest BCUT2D eigenvalue weighted by Gasteiger charge is -2.09. The summed E-state index contributed by atoms with van der Waals surface area (Å²) >= 11 is 10.9. The maximum atomic E-state index is 13.0. The molecule has 0 aromatic heterocycles. The highest BCUT2D eigenvalue weighted by Crippen LogP contribution is 2.40. The summed E-state index contributed by atoms with van der Waals surface area (Å²) in [7, 11) is 1.20.